The molecule has 0 aromatic heterocycles. The molecule has 1 heteroatoms. The lowest BCUT2D eigenvalue weighted by atomic mass is 10.2. The van der Waals surface area contributed by atoms with E-state index in [0.717, 1.165) is 19.5 Å². The predicted molar refractivity (Wildman–Crippen MR) is 45.8 cm³/mol. The molecular formula is C9H17N. The van der Waals surface area contributed by atoms with Gasteiger partial charge >= 0.3 is 0 Å². The van der Waals surface area contributed by atoms with Gasteiger partial charge in [0, 0.05) is 6.42 Å². The Hall–Kier alpha value is -0.480. The molecule has 0 spiro atoms. The summed E-state index contributed by atoms with van der Waals surface area (Å²) >= 11 is 0. The second kappa shape index (κ2) is 8.52. The van der Waals surface area contributed by atoms with Crippen molar-refractivity contribution < 1.29 is 0 Å². The van der Waals surface area contributed by atoms with Gasteiger partial charge in [-0.1, -0.05) is 6.92 Å². The lowest BCUT2D eigenvalue weighted by molar-refractivity contribution is 0.649. The van der Waals surface area contributed by atoms with Crippen LogP contribution < -0.4 is 5.32 Å². The summed E-state index contributed by atoms with van der Waals surface area (Å²) in [5.41, 5.74) is 0. The molecule has 58 valence electrons. The lowest BCUT2D eigenvalue weighted by Gasteiger charge is -1.97. The zero-order chi connectivity index (χ0) is 7.66. The second-order valence-corrected chi connectivity index (χ2v) is 2.24. The third-order valence-corrected chi connectivity index (χ3v) is 1.33. The van der Waals surface area contributed by atoms with Crippen LogP contribution in [0.5, 0.6) is 0 Å². The van der Waals surface area contributed by atoms with E-state index in [4.69, 9.17) is 0 Å². The van der Waals surface area contributed by atoms with Gasteiger partial charge in [-0.3, -0.25) is 0 Å². The van der Waals surface area contributed by atoms with Crippen LogP contribution in [0.25, 0.3) is 0 Å². The highest BCUT2D eigenvalue weighted by atomic mass is 14.8. The van der Waals surface area contributed by atoms with Crippen LogP contribution in [0, 0.1) is 11.8 Å². The molecule has 0 fully saturated rings. The number of nitrogens with one attached hydrogen (secondary N) is 1. The summed E-state index contributed by atoms with van der Waals surface area (Å²) in [7, 11) is 0. The summed E-state index contributed by atoms with van der Waals surface area (Å²) in [6, 6.07) is 0. The summed E-state index contributed by atoms with van der Waals surface area (Å²) in [6.07, 6.45) is 3.54. The van der Waals surface area contributed by atoms with E-state index >= 15 is 0 Å². The largest absolute Gasteiger partial charge is 0.317 e. The first kappa shape index (κ1) is 9.52. The standard InChI is InChI=1S/C9H17N/c1-3-5-6-7-8-9-10-4-2/h10H,4,6-9H2,1-2H3. The molecule has 0 saturated carbocycles. The maximum atomic E-state index is 3.28. The van der Waals surface area contributed by atoms with Crippen molar-refractivity contribution in [3.05, 3.63) is 0 Å². The Kier molecular flexibility index (Phi) is 8.11. The van der Waals surface area contributed by atoms with Gasteiger partial charge in [0.05, 0.1) is 0 Å². The molecule has 0 aliphatic heterocycles. The molecule has 1 N–H and O–H groups in total. The Morgan fingerprint density at radius 1 is 1.30 bits per heavy atom. The van der Waals surface area contributed by atoms with E-state index in [2.05, 4.69) is 24.1 Å². The lowest BCUT2D eigenvalue weighted by Crippen LogP contribution is -2.13. The monoisotopic (exact) mass is 139 g/mol. The fourth-order valence-electron chi connectivity index (χ4n) is 0.765. The Bertz CT molecular complexity index is 108. The SMILES string of the molecule is CC#CCCCCNCC. The minimum atomic E-state index is 1.06. The Labute approximate surface area is 64.2 Å². The first-order valence-corrected chi connectivity index (χ1v) is 4.02. The van der Waals surface area contributed by atoms with Crippen molar-refractivity contribution in [3.8, 4) is 11.8 Å². The van der Waals surface area contributed by atoms with Gasteiger partial charge in [-0.15, -0.1) is 11.8 Å². The van der Waals surface area contributed by atoms with Crippen LogP contribution in [-0.2, 0) is 0 Å². The average molecular weight is 139 g/mol. The molecule has 0 aliphatic rings. The molecule has 0 radical (unpaired) electrons. The van der Waals surface area contributed by atoms with Crippen LogP contribution in [0.15, 0.2) is 0 Å². The average Bonchev–Trinajstić information content (AvgIpc) is 1.97. The fourth-order valence-corrected chi connectivity index (χ4v) is 0.765. The van der Waals surface area contributed by atoms with E-state index in [1.54, 1.807) is 0 Å². The number of hydrogen-bond donors (Lipinski definition) is 1. The minimum Gasteiger partial charge on any atom is -0.317 e. The number of hydrogen-bond acceptors (Lipinski definition) is 1. The molecule has 1 nitrogen and oxygen atoms in total. The minimum absolute atomic E-state index is 1.06. The predicted octanol–water partition coefficient (Wildman–Crippen LogP) is 1.79. The van der Waals surface area contributed by atoms with Crippen LogP contribution in [0.1, 0.15) is 33.1 Å². The highest BCUT2D eigenvalue weighted by Gasteiger charge is 1.83. The van der Waals surface area contributed by atoms with Gasteiger partial charge in [0.1, 0.15) is 0 Å². The molecule has 0 aliphatic carbocycles. The van der Waals surface area contributed by atoms with Crippen molar-refractivity contribution in [2.24, 2.45) is 0 Å². The van der Waals surface area contributed by atoms with Gasteiger partial charge in [-0.2, -0.15) is 0 Å². The molecule has 10 heavy (non-hydrogen) atoms. The van der Waals surface area contributed by atoms with Crippen LogP contribution >= 0.6 is 0 Å². The molecule has 0 atom stereocenters. The second-order valence-electron chi connectivity index (χ2n) is 2.24. The van der Waals surface area contributed by atoms with E-state index in [1.165, 1.54) is 12.8 Å². The maximum absolute atomic E-state index is 3.28. The number of rotatable bonds is 5. The Morgan fingerprint density at radius 2 is 2.10 bits per heavy atom. The van der Waals surface area contributed by atoms with Gasteiger partial charge in [-0.05, 0) is 32.9 Å². The Balaban J connectivity index is 2.82. The zero-order valence-electron chi connectivity index (χ0n) is 7.04. The van der Waals surface area contributed by atoms with Gasteiger partial charge in [0.2, 0.25) is 0 Å². The molecule has 0 unspecified atom stereocenters. The smallest absolute Gasteiger partial charge is 0.00890 e. The summed E-state index contributed by atoms with van der Waals surface area (Å²) in [5, 5.41) is 3.28. The van der Waals surface area contributed by atoms with Crippen LogP contribution in [0.2, 0.25) is 0 Å². The summed E-state index contributed by atoms with van der Waals surface area (Å²) < 4.78 is 0. The summed E-state index contributed by atoms with van der Waals surface area (Å²) in [4.78, 5) is 0. The topological polar surface area (TPSA) is 12.0 Å². The third kappa shape index (κ3) is 7.52. The van der Waals surface area contributed by atoms with Crippen molar-refractivity contribution in [2.45, 2.75) is 33.1 Å². The van der Waals surface area contributed by atoms with E-state index < -0.39 is 0 Å². The highest BCUT2D eigenvalue weighted by molar-refractivity contribution is 4.94. The van der Waals surface area contributed by atoms with Crippen LogP contribution in [-0.4, -0.2) is 13.1 Å². The summed E-state index contributed by atoms with van der Waals surface area (Å²) in [6.45, 7) is 6.25. The van der Waals surface area contributed by atoms with Crippen LogP contribution in [0.4, 0.5) is 0 Å². The van der Waals surface area contributed by atoms with Crippen molar-refractivity contribution in [3.63, 3.8) is 0 Å². The van der Waals surface area contributed by atoms with Gasteiger partial charge in [-0.25, -0.2) is 0 Å². The molecule has 0 heterocycles. The quantitative estimate of drug-likeness (QED) is 0.452. The van der Waals surface area contributed by atoms with Gasteiger partial charge < -0.3 is 5.32 Å². The van der Waals surface area contributed by atoms with Gasteiger partial charge in [0.25, 0.3) is 0 Å². The maximum Gasteiger partial charge on any atom is 0.00890 e. The first-order chi connectivity index (χ1) is 4.91. The highest BCUT2D eigenvalue weighted by Crippen LogP contribution is 1.90. The fraction of sp³-hybridized carbons (Fsp3) is 0.778. The van der Waals surface area contributed by atoms with E-state index in [-0.39, 0.29) is 0 Å². The van der Waals surface area contributed by atoms with Crippen molar-refractivity contribution >= 4 is 0 Å². The number of unbranched alkanes of at least 4 members (excludes halogenated alkanes) is 2. The van der Waals surface area contributed by atoms with Crippen molar-refractivity contribution in [1.29, 1.82) is 0 Å². The third-order valence-electron chi connectivity index (χ3n) is 1.33. The van der Waals surface area contributed by atoms with Gasteiger partial charge in [0.15, 0.2) is 0 Å². The van der Waals surface area contributed by atoms with E-state index in [1.807, 2.05) is 6.92 Å². The molecule has 0 rings (SSSR count). The molecular weight excluding hydrogens is 122 g/mol. The van der Waals surface area contributed by atoms with E-state index in [9.17, 15) is 0 Å². The van der Waals surface area contributed by atoms with Crippen LogP contribution in [0.3, 0.4) is 0 Å². The molecule has 0 amide bonds. The summed E-state index contributed by atoms with van der Waals surface area (Å²) in [5.74, 6) is 5.94. The van der Waals surface area contributed by atoms with Crippen molar-refractivity contribution in [2.75, 3.05) is 13.1 Å². The molecule has 0 aromatic rings. The van der Waals surface area contributed by atoms with E-state index in [0.29, 0.717) is 0 Å². The Morgan fingerprint density at radius 3 is 2.70 bits per heavy atom. The molecule has 0 saturated heterocycles. The zero-order valence-corrected chi connectivity index (χ0v) is 7.04. The molecule has 0 bridgehead atoms. The first-order valence-electron chi connectivity index (χ1n) is 4.02. The normalized spacial score (nSPS) is 8.60. The van der Waals surface area contributed by atoms with Crippen molar-refractivity contribution in [1.82, 2.24) is 5.32 Å². The molecule has 0 aromatic carbocycles.